The number of hydrogen-bond acceptors (Lipinski definition) is 0. The Morgan fingerprint density at radius 3 is 2.81 bits per heavy atom. The van der Waals surface area contributed by atoms with E-state index in [1.807, 2.05) is 0 Å². The topological polar surface area (TPSA) is 0 Å². The molecule has 0 heterocycles. The number of halogens is 1. The maximum absolute atomic E-state index is 4.29. The molecule has 1 saturated carbocycles. The van der Waals surface area contributed by atoms with E-state index in [1.165, 1.54) is 37.7 Å². The van der Waals surface area contributed by atoms with Gasteiger partial charge in [0, 0.05) is 4.43 Å². The Balaban J connectivity index is 2.56. The van der Waals surface area contributed by atoms with Crippen LogP contribution in [0.3, 0.4) is 0 Å². The molecule has 0 bridgehead atoms. The highest BCUT2D eigenvalue weighted by molar-refractivity contribution is 14.1. The van der Waals surface area contributed by atoms with Crippen LogP contribution >= 0.6 is 22.6 Å². The van der Waals surface area contributed by atoms with E-state index in [0.717, 1.165) is 10.3 Å². The zero-order valence-electron chi connectivity index (χ0n) is 11.0. The molecule has 0 spiro atoms. The molecule has 0 radical (unpaired) electrons. The smallest absolute Gasteiger partial charge is 0.0178 e. The second kappa shape index (κ2) is 6.23. The summed E-state index contributed by atoms with van der Waals surface area (Å²) in [6, 6.07) is 0. The molecule has 1 aliphatic carbocycles. The highest BCUT2D eigenvalue weighted by Gasteiger charge is 2.33. The highest BCUT2D eigenvalue weighted by Crippen LogP contribution is 2.45. The Hall–Kier alpha value is 0.210. The van der Waals surface area contributed by atoms with E-state index in [1.54, 1.807) is 5.57 Å². The van der Waals surface area contributed by atoms with E-state index in [0.29, 0.717) is 5.41 Å². The number of rotatable bonds is 4. The van der Waals surface area contributed by atoms with Crippen molar-refractivity contribution in [1.29, 1.82) is 0 Å². The minimum absolute atomic E-state index is 0.472. The summed E-state index contributed by atoms with van der Waals surface area (Å²) >= 11 is 2.41. The van der Waals surface area contributed by atoms with Crippen molar-refractivity contribution in [2.45, 2.75) is 52.9 Å². The van der Waals surface area contributed by atoms with Crippen LogP contribution in [0.5, 0.6) is 0 Å². The van der Waals surface area contributed by atoms with Gasteiger partial charge in [0.1, 0.15) is 0 Å². The van der Waals surface area contributed by atoms with E-state index in [2.05, 4.69) is 56.0 Å². The molecule has 0 unspecified atom stereocenters. The molecule has 0 amide bonds. The van der Waals surface area contributed by atoms with Crippen molar-refractivity contribution in [3.63, 3.8) is 0 Å². The molecule has 0 aromatic rings. The maximum Gasteiger partial charge on any atom is 0.0178 e. The van der Waals surface area contributed by atoms with E-state index in [9.17, 15) is 0 Å². The first-order valence-corrected chi connectivity index (χ1v) is 7.89. The maximum atomic E-state index is 4.29. The summed E-state index contributed by atoms with van der Waals surface area (Å²) in [6.07, 6.45) is 8.85. The summed E-state index contributed by atoms with van der Waals surface area (Å²) in [4.78, 5) is 0. The molecule has 92 valence electrons. The van der Waals surface area contributed by atoms with Gasteiger partial charge in [0.15, 0.2) is 0 Å². The third kappa shape index (κ3) is 3.90. The van der Waals surface area contributed by atoms with Crippen molar-refractivity contribution >= 4 is 22.6 Å². The molecular weight excluding hydrogens is 307 g/mol. The van der Waals surface area contributed by atoms with Gasteiger partial charge in [0.25, 0.3) is 0 Å². The average molecular weight is 332 g/mol. The van der Waals surface area contributed by atoms with Gasteiger partial charge in [-0.1, -0.05) is 60.2 Å². The standard InChI is InChI=1S/C15H25I/c1-12(9-11-16)7-8-14-13(2)6-5-10-15(14,3)4/h9,14H,2,5-8,10-11H2,1,3-4H3/b12-9+/t14-/m1/s1. The van der Waals surface area contributed by atoms with E-state index in [4.69, 9.17) is 0 Å². The fourth-order valence-corrected chi connectivity index (χ4v) is 3.62. The fourth-order valence-electron chi connectivity index (χ4n) is 2.87. The fraction of sp³-hybridized carbons (Fsp3) is 0.733. The molecular formula is C15H25I. The summed E-state index contributed by atoms with van der Waals surface area (Å²) in [7, 11) is 0. The first-order valence-electron chi connectivity index (χ1n) is 6.36. The van der Waals surface area contributed by atoms with Crippen molar-refractivity contribution in [2.24, 2.45) is 11.3 Å². The van der Waals surface area contributed by atoms with Crippen LogP contribution in [0.15, 0.2) is 23.8 Å². The Morgan fingerprint density at radius 2 is 2.25 bits per heavy atom. The zero-order valence-corrected chi connectivity index (χ0v) is 13.1. The molecule has 0 aliphatic heterocycles. The van der Waals surface area contributed by atoms with Crippen LogP contribution in [0.1, 0.15) is 52.9 Å². The second-order valence-corrected chi connectivity index (χ2v) is 6.68. The summed E-state index contributed by atoms with van der Waals surface area (Å²) in [6.45, 7) is 11.4. The Bertz CT molecular complexity index is 273. The molecule has 0 N–H and O–H groups in total. The first-order chi connectivity index (χ1) is 7.47. The quantitative estimate of drug-likeness (QED) is 0.361. The number of alkyl halides is 1. The van der Waals surface area contributed by atoms with Gasteiger partial charge in [0.05, 0.1) is 0 Å². The van der Waals surface area contributed by atoms with Gasteiger partial charge in [-0.15, -0.1) is 0 Å². The van der Waals surface area contributed by atoms with E-state index in [-0.39, 0.29) is 0 Å². The lowest BCUT2D eigenvalue weighted by atomic mass is 9.65. The first kappa shape index (κ1) is 14.3. The van der Waals surface area contributed by atoms with Gasteiger partial charge in [-0.25, -0.2) is 0 Å². The predicted octanol–water partition coefficient (Wildman–Crippen LogP) is 5.53. The molecule has 0 nitrogen and oxygen atoms in total. The lowest BCUT2D eigenvalue weighted by Gasteiger charge is -2.40. The van der Waals surface area contributed by atoms with Crippen LogP contribution in [0.2, 0.25) is 0 Å². The lowest BCUT2D eigenvalue weighted by molar-refractivity contribution is 0.180. The number of hydrogen-bond donors (Lipinski definition) is 0. The highest BCUT2D eigenvalue weighted by atomic mass is 127. The van der Waals surface area contributed by atoms with Crippen molar-refractivity contribution in [1.82, 2.24) is 0 Å². The summed E-state index contributed by atoms with van der Waals surface area (Å²) in [5, 5.41) is 0. The van der Waals surface area contributed by atoms with Crippen LogP contribution in [0.4, 0.5) is 0 Å². The van der Waals surface area contributed by atoms with Crippen LogP contribution in [0.25, 0.3) is 0 Å². The zero-order chi connectivity index (χ0) is 12.2. The van der Waals surface area contributed by atoms with Crippen molar-refractivity contribution < 1.29 is 0 Å². The second-order valence-electron chi connectivity index (χ2n) is 5.80. The molecule has 0 aromatic heterocycles. The largest absolute Gasteiger partial charge is 0.0996 e. The van der Waals surface area contributed by atoms with Gasteiger partial charge in [-0.2, -0.15) is 0 Å². The van der Waals surface area contributed by atoms with Crippen LogP contribution in [0, 0.1) is 11.3 Å². The van der Waals surface area contributed by atoms with Gasteiger partial charge >= 0.3 is 0 Å². The molecule has 0 aromatic carbocycles. The third-order valence-electron chi connectivity index (χ3n) is 4.01. The Labute approximate surface area is 115 Å². The van der Waals surface area contributed by atoms with Crippen molar-refractivity contribution in [3.8, 4) is 0 Å². The van der Waals surface area contributed by atoms with Crippen LogP contribution in [-0.4, -0.2) is 4.43 Å². The molecule has 1 rings (SSSR count). The summed E-state index contributed by atoms with van der Waals surface area (Å²) in [5.74, 6) is 0.735. The monoisotopic (exact) mass is 332 g/mol. The molecule has 1 aliphatic rings. The summed E-state index contributed by atoms with van der Waals surface area (Å²) in [5.41, 5.74) is 3.52. The third-order valence-corrected chi connectivity index (χ3v) is 4.45. The van der Waals surface area contributed by atoms with Gasteiger partial charge in [-0.3, -0.25) is 0 Å². The van der Waals surface area contributed by atoms with Gasteiger partial charge < -0.3 is 0 Å². The molecule has 1 heteroatoms. The normalized spacial score (nSPS) is 25.9. The molecule has 1 fully saturated rings. The predicted molar refractivity (Wildman–Crippen MR) is 82.1 cm³/mol. The molecule has 1 atom stereocenters. The van der Waals surface area contributed by atoms with Gasteiger partial charge in [-0.05, 0) is 50.4 Å². The summed E-state index contributed by atoms with van der Waals surface area (Å²) < 4.78 is 1.14. The van der Waals surface area contributed by atoms with Crippen molar-refractivity contribution in [3.05, 3.63) is 23.8 Å². The average Bonchev–Trinajstić information content (AvgIpc) is 2.16. The molecule has 0 saturated heterocycles. The van der Waals surface area contributed by atoms with Gasteiger partial charge in [0.2, 0.25) is 0 Å². The van der Waals surface area contributed by atoms with E-state index >= 15 is 0 Å². The van der Waals surface area contributed by atoms with Crippen molar-refractivity contribution in [2.75, 3.05) is 4.43 Å². The van der Waals surface area contributed by atoms with Crippen LogP contribution < -0.4 is 0 Å². The SMILES string of the molecule is C=C1CCCC(C)(C)[C@@H]1CC/C(C)=C/CI. The van der Waals surface area contributed by atoms with Crippen LogP contribution in [-0.2, 0) is 0 Å². The lowest BCUT2D eigenvalue weighted by Crippen LogP contribution is -2.29. The minimum atomic E-state index is 0.472. The van der Waals surface area contributed by atoms with E-state index < -0.39 is 0 Å². The Kier molecular flexibility index (Phi) is 5.55. The minimum Gasteiger partial charge on any atom is -0.0996 e. The number of allylic oxidation sites excluding steroid dienone is 3. The molecule has 16 heavy (non-hydrogen) atoms. The Morgan fingerprint density at radius 1 is 1.56 bits per heavy atom.